The van der Waals surface area contributed by atoms with E-state index in [9.17, 15) is 4.79 Å². The first-order chi connectivity index (χ1) is 8.74. The largest absolute Gasteiger partial charge is 0.472 e. The van der Waals surface area contributed by atoms with Crippen molar-refractivity contribution in [2.24, 2.45) is 5.92 Å². The maximum Gasteiger partial charge on any atom is 0.382 e. The van der Waals surface area contributed by atoms with E-state index in [0.717, 1.165) is 23.7 Å². The molecule has 2 N–H and O–H groups in total. The maximum absolute atomic E-state index is 10.3. The highest BCUT2D eigenvalue weighted by atomic mass is 16.4. The van der Waals surface area contributed by atoms with Crippen molar-refractivity contribution in [2.45, 2.75) is 25.7 Å². The summed E-state index contributed by atoms with van der Waals surface area (Å²) in [6.07, 6.45) is 5.37. The zero-order valence-electron chi connectivity index (χ0n) is 10.3. The lowest BCUT2D eigenvalue weighted by Gasteiger charge is -2.11. The average molecular weight is 243 g/mol. The molecule has 1 fully saturated rings. The lowest BCUT2D eigenvalue weighted by molar-refractivity contribution is -0.130. The Hall–Kier alpha value is -1.95. The quantitative estimate of drug-likeness (QED) is 0.802. The van der Waals surface area contributed by atoms with Gasteiger partial charge < -0.3 is 10.4 Å². The molecule has 3 nitrogen and oxygen atoms in total. The Balaban J connectivity index is 1.87. The highest BCUT2D eigenvalue weighted by molar-refractivity contribution is 5.87. The molecule has 0 amide bonds. The molecule has 0 saturated heterocycles. The van der Waals surface area contributed by atoms with Crippen LogP contribution in [0.4, 0.5) is 5.69 Å². The van der Waals surface area contributed by atoms with E-state index < -0.39 is 5.97 Å². The van der Waals surface area contributed by atoms with Crippen LogP contribution in [0.2, 0.25) is 0 Å². The summed E-state index contributed by atoms with van der Waals surface area (Å²) in [7, 11) is 0. The maximum atomic E-state index is 10.3. The first-order valence-electron chi connectivity index (χ1n) is 6.33. The molecule has 0 atom stereocenters. The normalized spacial score (nSPS) is 14.9. The monoisotopic (exact) mass is 243 g/mol. The van der Waals surface area contributed by atoms with E-state index in [1.165, 1.54) is 25.7 Å². The van der Waals surface area contributed by atoms with E-state index in [-0.39, 0.29) is 0 Å². The summed E-state index contributed by atoms with van der Waals surface area (Å²) in [5, 5.41) is 11.9. The van der Waals surface area contributed by atoms with E-state index in [1.54, 1.807) is 0 Å². The third-order valence-electron chi connectivity index (χ3n) is 3.27. The minimum absolute atomic E-state index is 0.726. The van der Waals surface area contributed by atoms with Gasteiger partial charge in [-0.2, -0.15) is 0 Å². The minimum atomic E-state index is -1.10. The topological polar surface area (TPSA) is 49.3 Å². The van der Waals surface area contributed by atoms with Gasteiger partial charge in [0.1, 0.15) is 0 Å². The van der Waals surface area contributed by atoms with Gasteiger partial charge in [0.25, 0.3) is 0 Å². The second-order valence-electron chi connectivity index (χ2n) is 4.66. The minimum Gasteiger partial charge on any atom is -0.472 e. The number of benzene rings is 1. The predicted molar refractivity (Wildman–Crippen MR) is 71.4 cm³/mol. The SMILES string of the molecule is O=C(O)C#Cc1ccc(NCC2CCCC2)cc1. The van der Waals surface area contributed by atoms with Gasteiger partial charge in [-0.25, -0.2) is 4.79 Å². The van der Waals surface area contributed by atoms with Gasteiger partial charge in [-0.1, -0.05) is 18.8 Å². The van der Waals surface area contributed by atoms with E-state index in [2.05, 4.69) is 17.2 Å². The van der Waals surface area contributed by atoms with Crippen molar-refractivity contribution in [3.63, 3.8) is 0 Å². The molecule has 1 aliphatic carbocycles. The zero-order valence-corrected chi connectivity index (χ0v) is 10.3. The Kier molecular flexibility index (Phi) is 4.25. The molecular weight excluding hydrogens is 226 g/mol. The van der Waals surface area contributed by atoms with Gasteiger partial charge in [-0.15, -0.1) is 0 Å². The number of rotatable bonds is 3. The Morgan fingerprint density at radius 1 is 1.28 bits per heavy atom. The fourth-order valence-corrected chi connectivity index (χ4v) is 2.27. The lowest BCUT2D eigenvalue weighted by atomic mass is 10.1. The van der Waals surface area contributed by atoms with Crippen molar-refractivity contribution in [2.75, 3.05) is 11.9 Å². The van der Waals surface area contributed by atoms with Gasteiger partial charge in [0.2, 0.25) is 0 Å². The van der Waals surface area contributed by atoms with Gasteiger partial charge in [0.05, 0.1) is 0 Å². The number of aliphatic carboxylic acids is 1. The van der Waals surface area contributed by atoms with Crippen molar-refractivity contribution < 1.29 is 9.90 Å². The van der Waals surface area contributed by atoms with E-state index in [0.29, 0.717) is 0 Å². The molecule has 18 heavy (non-hydrogen) atoms. The Morgan fingerprint density at radius 3 is 2.56 bits per heavy atom. The smallest absolute Gasteiger partial charge is 0.382 e. The van der Waals surface area contributed by atoms with Gasteiger partial charge in [-0.3, -0.25) is 0 Å². The number of carbonyl (C=O) groups is 1. The fraction of sp³-hybridized carbons (Fsp3) is 0.400. The second-order valence-corrected chi connectivity index (χ2v) is 4.66. The Morgan fingerprint density at radius 2 is 1.94 bits per heavy atom. The summed E-state index contributed by atoms with van der Waals surface area (Å²) in [6, 6.07) is 7.57. The fourth-order valence-electron chi connectivity index (χ4n) is 2.27. The summed E-state index contributed by atoms with van der Waals surface area (Å²) in [5.41, 5.74) is 1.80. The molecule has 3 heteroatoms. The van der Waals surface area contributed by atoms with Crippen LogP contribution >= 0.6 is 0 Å². The van der Waals surface area contributed by atoms with Crippen LogP contribution in [-0.4, -0.2) is 17.6 Å². The first kappa shape index (κ1) is 12.5. The number of carboxylic acid groups (broad SMARTS) is 1. The molecule has 1 aliphatic rings. The number of carboxylic acids is 1. The van der Waals surface area contributed by atoms with Crippen LogP contribution in [0.25, 0.3) is 0 Å². The van der Waals surface area contributed by atoms with Crippen LogP contribution < -0.4 is 5.32 Å². The molecule has 1 saturated carbocycles. The second kappa shape index (κ2) is 6.11. The number of hydrogen-bond donors (Lipinski definition) is 2. The summed E-state index contributed by atoms with van der Waals surface area (Å²) < 4.78 is 0. The average Bonchev–Trinajstić information content (AvgIpc) is 2.88. The van der Waals surface area contributed by atoms with Crippen molar-refractivity contribution in [1.82, 2.24) is 0 Å². The molecule has 2 rings (SSSR count). The molecule has 0 aliphatic heterocycles. The van der Waals surface area contributed by atoms with Crippen molar-refractivity contribution in [1.29, 1.82) is 0 Å². The molecule has 1 aromatic carbocycles. The lowest BCUT2D eigenvalue weighted by Crippen LogP contribution is -2.10. The summed E-state index contributed by atoms with van der Waals surface area (Å²) >= 11 is 0. The van der Waals surface area contributed by atoms with Crippen molar-refractivity contribution >= 4 is 11.7 Å². The molecule has 0 bridgehead atoms. The predicted octanol–water partition coefficient (Wildman–Crippen LogP) is 2.72. The highest BCUT2D eigenvalue weighted by Crippen LogP contribution is 2.24. The Labute approximate surface area is 107 Å². The van der Waals surface area contributed by atoms with E-state index >= 15 is 0 Å². The van der Waals surface area contributed by atoms with Gasteiger partial charge >= 0.3 is 5.97 Å². The van der Waals surface area contributed by atoms with Crippen LogP contribution in [0.15, 0.2) is 24.3 Å². The molecule has 0 spiro atoms. The standard InChI is InChI=1S/C15H17NO2/c17-15(18)10-7-12-5-8-14(9-6-12)16-11-13-3-1-2-4-13/h5-6,8-9,13,16H,1-4,11H2,(H,17,18). The summed E-state index contributed by atoms with van der Waals surface area (Å²) in [4.78, 5) is 10.3. The number of anilines is 1. The third kappa shape index (κ3) is 3.81. The van der Waals surface area contributed by atoms with E-state index in [1.807, 2.05) is 24.3 Å². The first-order valence-corrected chi connectivity index (χ1v) is 6.33. The van der Waals surface area contributed by atoms with Crippen molar-refractivity contribution in [3.8, 4) is 11.8 Å². The Bertz CT molecular complexity index is 462. The number of hydrogen-bond acceptors (Lipinski definition) is 2. The third-order valence-corrected chi connectivity index (χ3v) is 3.27. The summed E-state index contributed by atoms with van der Waals surface area (Å²) in [6.45, 7) is 1.03. The molecule has 94 valence electrons. The van der Waals surface area contributed by atoms with Crippen LogP contribution in [0.5, 0.6) is 0 Å². The number of nitrogens with one attached hydrogen (secondary N) is 1. The van der Waals surface area contributed by atoms with Crippen LogP contribution in [0.3, 0.4) is 0 Å². The molecule has 0 unspecified atom stereocenters. The van der Waals surface area contributed by atoms with Gasteiger partial charge in [0, 0.05) is 23.7 Å². The highest BCUT2D eigenvalue weighted by Gasteiger charge is 2.13. The van der Waals surface area contributed by atoms with Crippen molar-refractivity contribution in [3.05, 3.63) is 29.8 Å². The molecular formula is C15H17NO2. The van der Waals surface area contributed by atoms with Crippen LogP contribution in [-0.2, 0) is 4.79 Å². The van der Waals surface area contributed by atoms with E-state index in [4.69, 9.17) is 5.11 Å². The molecule has 0 heterocycles. The molecule has 1 aromatic rings. The molecule has 0 radical (unpaired) electrons. The van der Waals surface area contributed by atoms with Gasteiger partial charge in [-0.05, 0) is 43.0 Å². The van der Waals surface area contributed by atoms with Crippen LogP contribution in [0.1, 0.15) is 31.2 Å². The summed E-state index contributed by atoms with van der Waals surface area (Å²) in [5.74, 6) is 4.40. The van der Waals surface area contributed by atoms with Crippen LogP contribution in [0, 0.1) is 17.8 Å². The molecule has 0 aromatic heterocycles. The zero-order chi connectivity index (χ0) is 12.8. The van der Waals surface area contributed by atoms with Gasteiger partial charge in [0.15, 0.2) is 0 Å².